The topological polar surface area (TPSA) is 89.1 Å². The molecule has 2 N–H and O–H groups in total. The third-order valence-corrected chi connectivity index (χ3v) is 3.96. The molecule has 0 aliphatic carbocycles. The van der Waals surface area contributed by atoms with Crippen molar-refractivity contribution in [2.24, 2.45) is 5.92 Å². The van der Waals surface area contributed by atoms with E-state index in [4.69, 9.17) is 19.0 Å². The van der Waals surface area contributed by atoms with Crippen LogP contribution in [0, 0.1) is 5.92 Å². The number of aliphatic hydroxyl groups is 1. The molecule has 0 saturated carbocycles. The Morgan fingerprint density at radius 2 is 2.04 bits per heavy atom. The third-order valence-electron chi connectivity index (χ3n) is 3.96. The lowest BCUT2D eigenvalue weighted by atomic mass is 10.0. The van der Waals surface area contributed by atoms with Gasteiger partial charge in [-0.05, 0) is 30.9 Å². The van der Waals surface area contributed by atoms with Crippen LogP contribution in [0.25, 0.3) is 11.0 Å². The van der Waals surface area contributed by atoms with E-state index in [0.29, 0.717) is 17.9 Å². The van der Waals surface area contributed by atoms with E-state index in [0.717, 1.165) is 19.3 Å². The van der Waals surface area contributed by atoms with Crippen molar-refractivity contribution in [1.82, 2.24) is 0 Å². The monoisotopic (exact) mass is 336 g/mol. The van der Waals surface area contributed by atoms with Gasteiger partial charge in [-0.15, -0.1) is 0 Å². The fraction of sp³-hybridized carbons (Fsp3) is 0.500. The van der Waals surface area contributed by atoms with E-state index < -0.39 is 5.63 Å². The van der Waals surface area contributed by atoms with Gasteiger partial charge >= 0.3 is 5.63 Å². The first kappa shape index (κ1) is 18.1. The maximum absolute atomic E-state index is 12.1. The van der Waals surface area contributed by atoms with E-state index in [-0.39, 0.29) is 36.0 Å². The highest BCUT2D eigenvalue weighted by Crippen LogP contribution is 2.35. The van der Waals surface area contributed by atoms with Crippen LogP contribution >= 0.6 is 0 Å². The Hall–Kier alpha value is -2.21. The number of benzene rings is 1. The molecule has 0 spiro atoms. The molecule has 24 heavy (non-hydrogen) atoms. The number of aliphatic hydroxyl groups excluding tert-OH is 1. The second-order valence-corrected chi connectivity index (χ2v) is 5.78. The number of para-hydroxylation sites is 1. The van der Waals surface area contributed by atoms with Gasteiger partial charge in [0.15, 0.2) is 17.1 Å². The van der Waals surface area contributed by atoms with Crippen molar-refractivity contribution in [2.75, 3.05) is 19.8 Å². The second-order valence-electron chi connectivity index (χ2n) is 5.78. The number of ether oxygens (including phenoxy) is 2. The molecule has 0 amide bonds. The van der Waals surface area contributed by atoms with Gasteiger partial charge in [-0.3, -0.25) is 0 Å². The molecule has 0 fully saturated rings. The first-order valence-electron chi connectivity index (χ1n) is 8.23. The summed E-state index contributed by atoms with van der Waals surface area (Å²) in [5, 5.41) is 19.5. The Labute approximate surface area is 140 Å². The second kappa shape index (κ2) is 8.59. The van der Waals surface area contributed by atoms with E-state index in [9.17, 15) is 9.90 Å². The van der Waals surface area contributed by atoms with Gasteiger partial charge in [0.1, 0.15) is 6.61 Å². The van der Waals surface area contributed by atoms with Gasteiger partial charge in [-0.25, -0.2) is 4.79 Å². The maximum atomic E-state index is 12.1. The summed E-state index contributed by atoms with van der Waals surface area (Å²) < 4.78 is 16.0. The summed E-state index contributed by atoms with van der Waals surface area (Å²) in [4.78, 5) is 12.1. The molecule has 6 heteroatoms. The van der Waals surface area contributed by atoms with Crippen LogP contribution in [-0.2, 0) is 0 Å². The minimum Gasteiger partial charge on any atom is -0.504 e. The smallest absolute Gasteiger partial charge is 0.383 e. The van der Waals surface area contributed by atoms with Gasteiger partial charge in [0.25, 0.3) is 0 Å². The summed E-state index contributed by atoms with van der Waals surface area (Å²) in [5.41, 5.74) is -0.607. The number of hydrogen-bond acceptors (Lipinski definition) is 6. The average molecular weight is 336 g/mol. The Kier molecular flexibility index (Phi) is 6.49. The number of hydrogen-bond donors (Lipinski definition) is 2. The molecule has 6 nitrogen and oxygen atoms in total. The summed E-state index contributed by atoms with van der Waals surface area (Å²) in [6.07, 6.45) is 2.89. The fourth-order valence-corrected chi connectivity index (χ4v) is 2.37. The van der Waals surface area contributed by atoms with Gasteiger partial charge in [0.2, 0.25) is 5.75 Å². The molecular formula is C18H24O6. The van der Waals surface area contributed by atoms with Crippen molar-refractivity contribution in [3.05, 3.63) is 28.6 Å². The van der Waals surface area contributed by atoms with Crippen LogP contribution in [0.2, 0.25) is 0 Å². The molecule has 132 valence electrons. The van der Waals surface area contributed by atoms with Crippen LogP contribution in [0.1, 0.15) is 33.1 Å². The lowest BCUT2D eigenvalue weighted by Crippen LogP contribution is -2.10. The molecular weight excluding hydrogens is 312 g/mol. The van der Waals surface area contributed by atoms with Gasteiger partial charge < -0.3 is 24.1 Å². The predicted molar refractivity (Wildman–Crippen MR) is 90.9 cm³/mol. The van der Waals surface area contributed by atoms with Crippen molar-refractivity contribution in [3.8, 4) is 17.2 Å². The molecule has 2 rings (SSSR count). The summed E-state index contributed by atoms with van der Waals surface area (Å²) >= 11 is 0. The van der Waals surface area contributed by atoms with Crippen molar-refractivity contribution < 1.29 is 24.1 Å². The van der Waals surface area contributed by atoms with E-state index >= 15 is 0 Å². The highest BCUT2D eigenvalue weighted by atomic mass is 16.5. The number of rotatable bonds is 9. The maximum Gasteiger partial charge on any atom is 0.383 e. The molecule has 0 saturated heterocycles. The molecule has 1 aromatic carbocycles. The standard InChI is InChI=1S/C18H24O6/c1-3-12(2)6-5-10-23-17-15(20)13-7-4-8-14(22-11-9-19)16(13)24-18(17)21/h4,7-8,12,19-20H,3,5-6,9-11H2,1-2H3. The first-order valence-corrected chi connectivity index (χ1v) is 8.23. The van der Waals surface area contributed by atoms with Crippen LogP contribution in [-0.4, -0.2) is 30.0 Å². The van der Waals surface area contributed by atoms with Gasteiger partial charge in [-0.2, -0.15) is 0 Å². The van der Waals surface area contributed by atoms with E-state index in [1.165, 1.54) is 0 Å². The van der Waals surface area contributed by atoms with Gasteiger partial charge in [-0.1, -0.05) is 26.3 Å². The van der Waals surface area contributed by atoms with Crippen molar-refractivity contribution in [3.63, 3.8) is 0 Å². The van der Waals surface area contributed by atoms with Crippen LogP contribution in [0.15, 0.2) is 27.4 Å². The Morgan fingerprint density at radius 3 is 2.75 bits per heavy atom. The van der Waals surface area contributed by atoms with Crippen LogP contribution < -0.4 is 15.1 Å². The summed E-state index contributed by atoms with van der Waals surface area (Å²) in [5.74, 6) is 0.462. The summed E-state index contributed by atoms with van der Waals surface area (Å²) in [7, 11) is 0. The van der Waals surface area contributed by atoms with Crippen molar-refractivity contribution >= 4 is 11.0 Å². The van der Waals surface area contributed by atoms with E-state index in [1.54, 1.807) is 18.2 Å². The van der Waals surface area contributed by atoms with Gasteiger partial charge in [0.05, 0.1) is 18.6 Å². The molecule has 1 aromatic heterocycles. The van der Waals surface area contributed by atoms with Crippen LogP contribution in [0.5, 0.6) is 17.2 Å². The number of fused-ring (bicyclic) bond motifs is 1. The van der Waals surface area contributed by atoms with Crippen LogP contribution in [0.4, 0.5) is 0 Å². The Bertz CT molecular complexity index is 721. The zero-order valence-electron chi connectivity index (χ0n) is 14.1. The lowest BCUT2D eigenvalue weighted by molar-refractivity contribution is 0.201. The van der Waals surface area contributed by atoms with E-state index in [2.05, 4.69) is 13.8 Å². The highest BCUT2D eigenvalue weighted by molar-refractivity contribution is 5.89. The molecule has 1 unspecified atom stereocenters. The Morgan fingerprint density at radius 1 is 1.25 bits per heavy atom. The minimum atomic E-state index is -0.747. The lowest BCUT2D eigenvalue weighted by Gasteiger charge is -2.12. The first-order chi connectivity index (χ1) is 11.6. The van der Waals surface area contributed by atoms with Crippen LogP contribution in [0.3, 0.4) is 0 Å². The fourth-order valence-electron chi connectivity index (χ4n) is 2.37. The molecule has 0 aliphatic rings. The zero-order chi connectivity index (χ0) is 17.5. The summed E-state index contributed by atoms with van der Waals surface area (Å²) in [6.45, 7) is 4.54. The summed E-state index contributed by atoms with van der Waals surface area (Å²) in [6, 6.07) is 4.89. The van der Waals surface area contributed by atoms with Crippen molar-refractivity contribution in [1.29, 1.82) is 0 Å². The molecule has 2 aromatic rings. The Balaban J connectivity index is 2.21. The van der Waals surface area contributed by atoms with E-state index in [1.807, 2.05) is 0 Å². The average Bonchev–Trinajstić information content (AvgIpc) is 2.59. The molecule has 1 heterocycles. The molecule has 0 aliphatic heterocycles. The largest absolute Gasteiger partial charge is 0.504 e. The van der Waals surface area contributed by atoms with Crippen molar-refractivity contribution in [2.45, 2.75) is 33.1 Å². The quantitative estimate of drug-likeness (QED) is 0.540. The zero-order valence-corrected chi connectivity index (χ0v) is 14.1. The number of aromatic hydroxyl groups is 1. The highest BCUT2D eigenvalue weighted by Gasteiger charge is 2.18. The molecule has 1 atom stereocenters. The normalized spacial score (nSPS) is 12.3. The third kappa shape index (κ3) is 4.20. The predicted octanol–water partition coefficient (Wildman–Crippen LogP) is 3.07. The molecule has 0 radical (unpaired) electrons. The molecule has 0 bridgehead atoms. The van der Waals surface area contributed by atoms with Gasteiger partial charge in [0, 0.05) is 0 Å². The SMILES string of the molecule is CCC(C)CCCOc1c(O)c2cccc(OCCO)c2oc1=O. The minimum absolute atomic E-state index is 0.0669.